The molecule has 1 amide bonds. The molecule has 6 nitrogen and oxygen atoms in total. The van der Waals surface area contributed by atoms with Gasteiger partial charge >= 0.3 is 0 Å². The summed E-state index contributed by atoms with van der Waals surface area (Å²) in [5, 5.41) is 10.7. The van der Waals surface area contributed by atoms with E-state index in [1.54, 1.807) is 23.3 Å². The minimum absolute atomic E-state index is 0.249. The molecular weight excluding hydrogens is 329 g/mol. The Morgan fingerprint density at radius 2 is 1.96 bits per heavy atom. The highest BCUT2D eigenvalue weighted by atomic mass is 32.1. The molecule has 1 N–H and O–H groups in total. The number of benzene rings is 2. The van der Waals surface area contributed by atoms with Crippen LogP contribution in [0.2, 0.25) is 0 Å². The number of hydrogen-bond acceptors (Lipinski definition) is 5. The molecular formula is C16H10FN5OS. The Bertz CT molecular complexity index is 1030. The van der Waals surface area contributed by atoms with E-state index in [1.807, 2.05) is 18.2 Å². The van der Waals surface area contributed by atoms with E-state index in [2.05, 4.69) is 20.5 Å². The number of halogens is 1. The second-order valence-corrected chi connectivity index (χ2v) is 6.04. The zero-order valence-electron chi connectivity index (χ0n) is 12.2. The molecule has 0 saturated heterocycles. The number of thiazole rings is 1. The molecule has 0 radical (unpaired) electrons. The summed E-state index contributed by atoms with van der Waals surface area (Å²) in [4.78, 5) is 16.5. The van der Waals surface area contributed by atoms with Crippen LogP contribution in [0, 0.1) is 5.82 Å². The molecule has 0 atom stereocenters. The van der Waals surface area contributed by atoms with Crippen molar-refractivity contribution in [1.29, 1.82) is 0 Å². The third kappa shape index (κ3) is 2.74. The van der Waals surface area contributed by atoms with Crippen molar-refractivity contribution < 1.29 is 9.18 Å². The predicted octanol–water partition coefficient (Wildman–Crippen LogP) is 3.27. The van der Waals surface area contributed by atoms with E-state index in [1.165, 1.54) is 29.5 Å². The summed E-state index contributed by atoms with van der Waals surface area (Å²) in [5.74, 6) is -0.849. The maximum absolute atomic E-state index is 13.2. The fourth-order valence-electron chi connectivity index (χ4n) is 2.26. The van der Waals surface area contributed by atoms with E-state index in [-0.39, 0.29) is 5.56 Å². The second-order valence-electron chi connectivity index (χ2n) is 5.00. The molecule has 0 aliphatic carbocycles. The first-order chi connectivity index (χ1) is 11.7. The molecule has 0 bridgehead atoms. The smallest absolute Gasteiger partial charge is 0.257 e. The Kier molecular flexibility index (Phi) is 3.51. The van der Waals surface area contributed by atoms with E-state index < -0.39 is 11.7 Å². The Balaban J connectivity index is 1.62. The van der Waals surface area contributed by atoms with Crippen molar-refractivity contribution in [1.82, 2.24) is 19.7 Å². The molecule has 2 aromatic heterocycles. The Morgan fingerprint density at radius 1 is 1.12 bits per heavy atom. The van der Waals surface area contributed by atoms with Crippen molar-refractivity contribution >= 4 is 32.6 Å². The first-order valence-electron chi connectivity index (χ1n) is 7.01. The van der Waals surface area contributed by atoms with Crippen molar-refractivity contribution in [2.75, 3.05) is 5.32 Å². The molecule has 4 aromatic rings. The average molecular weight is 339 g/mol. The van der Waals surface area contributed by atoms with E-state index in [0.717, 1.165) is 15.9 Å². The summed E-state index contributed by atoms with van der Waals surface area (Å²) < 4.78 is 15.9. The van der Waals surface area contributed by atoms with Crippen LogP contribution in [0.15, 0.2) is 55.1 Å². The minimum atomic E-state index is -0.453. The number of nitrogens with one attached hydrogen (secondary N) is 1. The van der Waals surface area contributed by atoms with Gasteiger partial charge in [-0.25, -0.2) is 9.37 Å². The van der Waals surface area contributed by atoms with Crippen LogP contribution < -0.4 is 5.32 Å². The number of amides is 1. The highest BCUT2D eigenvalue weighted by Gasteiger charge is 2.11. The Hall–Kier alpha value is -3.13. The zero-order valence-corrected chi connectivity index (χ0v) is 13.0. The second kappa shape index (κ2) is 5.82. The van der Waals surface area contributed by atoms with Gasteiger partial charge in [0.1, 0.15) is 18.5 Å². The van der Waals surface area contributed by atoms with Crippen LogP contribution in [0.3, 0.4) is 0 Å². The van der Waals surface area contributed by atoms with Gasteiger partial charge in [-0.05, 0) is 36.4 Å². The molecule has 2 aromatic carbocycles. The van der Waals surface area contributed by atoms with Crippen molar-refractivity contribution in [3.05, 3.63) is 66.5 Å². The van der Waals surface area contributed by atoms with Crippen LogP contribution in [0.5, 0.6) is 0 Å². The quantitative estimate of drug-likeness (QED) is 0.622. The van der Waals surface area contributed by atoms with Crippen LogP contribution in [0.25, 0.3) is 15.9 Å². The van der Waals surface area contributed by atoms with E-state index in [0.29, 0.717) is 5.13 Å². The summed E-state index contributed by atoms with van der Waals surface area (Å²) >= 11 is 1.34. The molecule has 0 spiro atoms. The molecule has 0 unspecified atom stereocenters. The van der Waals surface area contributed by atoms with E-state index in [9.17, 15) is 9.18 Å². The summed E-state index contributed by atoms with van der Waals surface area (Å²) in [5.41, 5.74) is 1.92. The number of carbonyl (C=O) groups is 1. The van der Waals surface area contributed by atoms with Gasteiger partial charge in [-0.3, -0.25) is 14.7 Å². The lowest BCUT2D eigenvalue weighted by Crippen LogP contribution is -2.11. The van der Waals surface area contributed by atoms with Crippen molar-refractivity contribution in [2.45, 2.75) is 0 Å². The monoisotopic (exact) mass is 339 g/mol. The van der Waals surface area contributed by atoms with E-state index in [4.69, 9.17) is 0 Å². The van der Waals surface area contributed by atoms with Gasteiger partial charge < -0.3 is 0 Å². The summed E-state index contributed by atoms with van der Waals surface area (Å²) in [6.07, 6.45) is 3.21. The summed E-state index contributed by atoms with van der Waals surface area (Å²) in [6, 6.07) is 11.2. The average Bonchev–Trinajstić information content (AvgIpc) is 3.23. The van der Waals surface area contributed by atoms with Crippen LogP contribution in [0.4, 0.5) is 9.52 Å². The van der Waals surface area contributed by atoms with Crippen LogP contribution in [0.1, 0.15) is 10.4 Å². The molecule has 8 heteroatoms. The molecule has 0 aliphatic rings. The Labute approximate surface area is 139 Å². The Morgan fingerprint density at radius 3 is 2.75 bits per heavy atom. The molecule has 24 heavy (non-hydrogen) atoms. The summed E-state index contributed by atoms with van der Waals surface area (Å²) in [7, 11) is 0. The lowest BCUT2D eigenvalue weighted by atomic mass is 10.2. The van der Waals surface area contributed by atoms with Gasteiger partial charge in [0, 0.05) is 11.3 Å². The predicted molar refractivity (Wildman–Crippen MR) is 88.9 cm³/mol. The lowest BCUT2D eigenvalue weighted by molar-refractivity contribution is 0.102. The van der Waals surface area contributed by atoms with Crippen molar-refractivity contribution in [3.63, 3.8) is 0 Å². The third-order valence-corrected chi connectivity index (χ3v) is 4.33. The van der Waals surface area contributed by atoms with Gasteiger partial charge in [-0.1, -0.05) is 17.4 Å². The molecule has 2 heterocycles. The van der Waals surface area contributed by atoms with Crippen LogP contribution in [-0.4, -0.2) is 25.7 Å². The lowest BCUT2D eigenvalue weighted by Gasteiger charge is -2.01. The zero-order chi connectivity index (χ0) is 16.5. The fourth-order valence-corrected chi connectivity index (χ4v) is 3.15. The number of hydrogen-bond donors (Lipinski definition) is 1. The molecule has 4 rings (SSSR count). The number of aromatic nitrogens is 4. The van der Waals surface area contributed by atoms with Crippen LogP contribution >= 0.6 is 11.3 Å². The first kappa shape index (κ1) is 14.5. The standard InChI is InChI=1S/C16H10FN5OS/c17-11-3-1-2-10(6-11)15(23)21-16-20-13-5-4-12(7-14(13)24-16)22-8-18-19-9-22/h1-9H,(H,20,21,23). The van der Waals surface area contributed by atoms with Gasteiger partial charge in [0.2, 0.25) is 0 Å². The highest BCUT2D eigenvalue weighted by Crippen LogP contribution is 2.28. The van der Waals surface area contributed by atoms with E-state index >= 15 is 0 Å². The normalized spacial score (nSPS) is 10.9. The number of anilines is 1. The number of nitrogens with zero attached hydrogens (tertiary/aromatic N) is 4. The maximum atomic E-state index is 13.2. The van der Waals surface area contributed by atoms with Crippen LogP contribution in [-0.2, 0) is 0 Å². The number of carbonyl (C=O) groups excluding carboxylic acids is 1. The minimum Gasteiger partial charge on any atom is -0.298 e. The van der Waals surface area contributed by atoms with Gasteiger partial charge in [-0.15, -0.1) is 10.2 Å². The highest BCUT2D eigenvalue weighted by molar-refractivity contribution is 7.22. The SMILES string of the molecule is O=C(Nc1nc2ccc(-n3cnnc3)cc2s1)c1cccc(F)c1. The molecule has 0 saturated carbocycles. The molecule has 0 fully saturated rings. The largest absolute Gasteiger partial charge is 0.298 e. The van der Waals surface area contributed by atoms with Crippen molar-refractivity contribution in [3.8, 4) is 5.69 Å². The third-order valence-electron chi connectivity index (χ3n) is 3.40. The molecule has 118 valence electrons. The summed E-state index contributed by atoms with van der Waals surface area (Å²) in [6.45, 7) is 0. The van der Waals surface area contributed by atoms with Crippen molar-refractivity contribution in [2.24, 2.45) is 0 Å². The fraction of sp³-hybridized carbons (Fsp3) is 0. The maximum Gasteiger partial charge on any atom is 0.257 e. The molecule has 0 aliphatic heterocycles. The van der Waals surface area contributed by atoms with Gasteiger partial charge in [-0.2, -0.15) is 0 Å². The van der Waals surface area contributed by atoms with Gasteiger partial charge in [0.15, 0.2) is 5.13 Å². The van der Waals surface area contributed by atoms with Gasteiger partial charge in [0.25, 0.3) is 5.91 Å². The number of rotatable bonds is 3. The van der Waals surface area contributed by atoms with Gasteiger partial charge in [0.05, 0.1) is 10.2 Å². The topological polar surface area (TPSA) is 72.7 Å². The number of fused-ring (bicyclic) bond motifs is 1. The first-order valence-corrected chi connectivity index (χ1v) is 7.83.